The van der Waals surface area contributed by atoms with E-state index in [0.717, 1.165) is 24.8 Å². The molecular formula is C20H22F5NO. The van der Waals surface area contributed by atoms with Crippen molar-refractivity contribution in [2.24, 2.45) is 11.8 Å². The highest BCUT2D eigenvalue weighted by atomic mass is 19.4. The zero-order chi connectivity index (χ0) is 20.2. The predicted octanol–water partition coefficient (Wildman–Crippen LogP) is 6.77. The van der Waals surface area contributed by atoms with Crippen molar-refractivity contribution in [3.05, 3.63) is 47.8 Å². The van der Waals surface area contributed by atoms with Crippen LogP contribution in [0.25, 0.3) is 11.1 Å². The second kappa shape index (κ2) is 8.67. The van der Waals surface area contributed by atoms with Crippen LogP contribution in [0.4, 0.5) is 22.0 Å². The maximum absolute atomic E-state index is 13.5. The minimum absolute atomic E-state index is 0.111. The van der Waals surface area contributed by atoms with E-state index in [2.05, 4.69) is 4.98 Å². The lowest BCUT2D eigenvalue weighted by molar-refractivity contribution is -0.139. The van der Waals surface area contributed by atoms with Crippen LogP contribution in [0.1, 0.15) is 44.9 Å². The quantitative estimate of drug-likeness (QED) is 0.489. The maximum Gasteiger partial charge on any atom is 0.419 e. The molecule has 2 rings (SSSR count). The molecule has 148 valence electrons. The number of hydrogen-bond donors (Lipinski definition) is 0. The Morgan fingerprint density at radius 2 is 1.67 bits per heavy atom. The molecule has 7 heteroatoms. The second-order valence-corrected chi connectivity index (χ2v) is 7.02. The highest BCUT2D eigenvalue weighted by molar-refractivity contribution is 5.66. The molecule has 0 fully saturated rings. The third-order valence-electron chi connectivity index (χ3n) is 4.02. The summed E-state index contributed by atoms with van der Waals surface area (Å²) in [5, 5.41) is 0. The number of rotatable bonds is 7. The van der Waals surface area contributed by atoms with Crippen LogP contribution in [0.3, 0.4) is 0 Å². The molecule has 1 heterocycles. The number of hydrogen-bond acceptors (Lipinski definition) is 2. The van der Waals surface area contributed by atoms with Gasteiger partial charge in [-0.15, -0.1) is 0 Å². The van der Waals surface area contributed by atoms with E-state index < -0.39 is 23.9 Å². The number of aromatic nitrogens is 1. The SMILES string of the molecule is CC(C)C[C@H](C)COc1ccc(-c2ccnc(C(F)F)c2)cc1C(F)(F)F. The largest absolute Gasteiger partial charge is 0.493 e. The predicted molar refractivity (Wildman–Crippen MR) is 93.7 cm³/mol. The van der Waals surface area contributed by atoms with E-state index in [4.69, 9.17) is 4.74 Å². The van der Waals surface area contributed by atoms with Gasteiger partial charge < -0.3 is 4.74 Å². The van der Waals surface area contributed by atoms with E-state index in [1.54, 1.807) is 0 Å². The van der Waals surface area contributed by atoms with Crippen molar-refractivity contribution in [3.63, 3.8) is 0 Å². The van der Waals surface area contributed by atoms with Crippen molar-refractivity contribution in [2.75, 3.05) is 6.61 Å². The third-order valence-corrected chi connectivity index (χ3v) is 4.02. The Hall–Kier alpha value is -2.18. The molecule has 0 amide bonds. The standard InChI is InChI=1S/C20H22F5NO/c1-12(2)8-13(3)11-27-18-5-4-14(9-16(18)20(23,24)25)15-6-7-26-17(10-15)19(21)22/h4-7,9-10,12-13,19H,8,11H2,1-3H3/t13-/m0/s1. The molecule has 27 heavy (non-hydrogen) atoms. The van der Waals surface area contributed by atoms with Crippen molar-refractivity contribution < 1.29 is 26.7 Å². The molecule has 0 saturated carbocycles. The van der Waals surface area contributed by atoms with Crippen molar-refractivity contribution >= 4 is 0 Å². The van der Waals surface area contributed by atoms with Crippen LogP contribution in [-0.2, 0) is 6.18 Å². The maximum atomic E-state index is 13.5. The molecule has 0 bridgehead atoms. The van der Waals surface area contributed by atoms with E-state index in [-0.39, 0.29) is 29.4 Å². The Morgan fingerprint density at radius 3 is 2.26 bits per heavy atom. The van der Waals surface area contributed by atoms with Gasteiger partial charge in [0.1, 0.15) is 11.4 Å². The van der Waals surface area contributed by atoms with E-state index in [1.165, 1.54) is 18.2 Å². The van der Waals surface area contributed by atoms with Crippen LogP contribution in [0, 0.1) is 11.8 Å². The zero-order valence-corrected chi connectivity index (χ0v) is 15.4. The number of ether oxygens (including phenoxy) is 1. The van der Waals surface area contributed by atoms with Crippen molar-refractivity contribution in [1.82, 2.24) is 4.98 Å². The summed E-state index contributed by atoms with van der Waals surface area (Å²) in [5.41, 5.74) is -0.990. The first-order valence-corrected chi connectivity index (χ1v) is 8.66. The minimum atomic E-state index is -4.62. The molecule has 0 spiro atoms. The lowest BCUT2D eigenvalue weighted by atomic mass is 9.99. The molecular weight excluding hydrogens is 365 g/mol. The Morgan fingerprint density at radius 1 is 1.00 bits per heavy atom. The summed E-state index contributed by atoms with van der Waals surface area (Å²) in [4.78, 5) is 3.53. The van der Waals surface area contributed by atoms with E-state index in [1.807, 2.05) is 20.8 Å². The normalized spacial score (nSPS) is 13.3. The monoisotopic (exact) mass is 387 g/mol. The topological polar surface area (TPSA) is 22.1 Å². The zero-order valence-electron chi connectivity index (χ0n) is 15.4. The highest BCUT2D eigenvalue weighted by Gasteiger charge is 2.35. The number of pyridine rings is 1. The minimum Gasteiger partial charge on any atom is -0.493 e. The number of halogens is 5. The number of alkyl halides is 5. The summed E-state index contributed by atoms with van der Waals surface area (Å²) in [7, 11) is 0. The number of nitrogens with zero attached hydrogens (tertiary/aromatic N) is 1. The Balaban J connectivity index is 2.32. The Bertz CT molecular complexity index is 758. The van der Waals surface area contributed by atoms with Gasteiger partial charge in [-0.3, -0.25) is 4.98 Å². The van der Waals surface area contributed by atoms with Gasteiger partial charge in [0, 0.05) is 6.20 Å². The highest BCUT2D eigenvalue weighted by Crippen LogP contribution is 2.39. The summed E-state index contributed by atoms with van der Waals surface area (Å²) >= 11 is 0. The lowest BCUT2D eigenvalue weighted by Crippen LogP contribution is -2.14. The van der Waals surface area contributed by atoms with Gasteiger partial charge in [-0.1, -0.05) is 26.8 Å². The first-order chi connectivity index (χ1) is 12.6. The van der Waals surface area contributed by atoms with Crippen LogP contribution >= 0.6 is 0 Å². The molecule has 2 aromatic rings. The molecule has 2 nitrogen and oxygen atoms in total. The fourth-order valence-corrected chi connectivity index (χ4v) is 2.91. The summed E-state index contributed by atoms with van der Waals surface area (Å²) in [5.74, 6) is 0.272. The number of benzene rings is 1. The lowest BCUT2D eigenvalue weighted by Gasteiger charge is -2.19. The van der Waals surface area contributed by atoms with Crippen LogP contribution in [0.5, 0.6) is 5.75 Å². The van der Waals surface area contributed by atoms with Gasteiger partial charge in [-0.2, -0.15) is 13.2 Å². The summed E-state index contributed by atoms with van der Waals surface area (Å²) in [6.45, 7) is 6.17. The molecule has 0 saturated heterocycles. The van der Waals surface area contributed by atoms with Gasteiger partial charge in [-0.05, 0) is 53.6 Å². The van der Waals surface area contributed by atoms with Gasteiger partial charge >= 0.3 is 6.18 Å². The molecule has 1 atom stereocenters. The smallest absolute Gasteiger partial charge is 0.419 e. The van der Waals surface area contributed by atoms with Crippen LogP contribution in [-0.4, -0.2) is 11.6 Å². The van der Waals surface area contributed by atoms with E-state index in [9.17, 15) is 22.0 Å². The van der Waals surface area contributed by atoms with E-state index >= 15 is 0 Å². The second-order valence-electron chi connectivity index (χ2n) is 7.02. The fraction of sp³-hybridized carbons (Fsp3) is 0.450. The van der Waals surface area contributed by atoms with E-state index in [0.29, 0.717) is 5.92 Å². The van der Waals surface area contributed by atoms with Gasteiger partial charge in [-0.25, -0.2) is 8.78 Å². The average molecular weight is 387 g/mol. The fourth-order valence-electron chi connectivity index (χ4n) is 2.91. The average Bonchev–Trinajstić information content (AvgIpc) is 2.58. The van der Waals surface area contributed by atoms with Crippen molar-refractivity contribution in [1.29, 1.82) is 0 Å². The molecule has 1 aromatic heterocycles. The van der Waals surface area contributed by atoms with Crippen LogP contribution in [0.15, 0.2) is 36.5 Å². The molecule has 0 aliphatic heterocycles. The molecule has 0 aliphatic carbocycles. The first-order valence-electron chi connectivity index (χ1n) is 8.66. The third kappa shape index (κ3) is 5.91. The molecule has 0 N–H and O–H groups in total. The van der Waals surface area contributed by atoms with Gasteiger partial charge in [0.25, 0.3) is 6.43 Å². The van der Waals surface area contributed by atoms with Crippen LogP contribution < -0.4 is 4.74 Å². The van der Waals surface area contributed by atoms with Gasteiger partial charge in [0.2, 0.25) is 0 Å². The van der Waals surface area contributed by atoms with Gasteiger partial charge in [0.05, 0.1) is 12.2 Å². The van der Waals surface area contributed by atoms with Gasteiger partial charge in [0.15, 0.2) is 0 Å². The molecule has 0 radical (unpaired) electrons. The molecule has 0 aliphatic rings. The van der Waals surface area contributed by atoms with Crippen molar-refractivity contribution in [3.8, 4) is 16.9 Å². The summed E-state index contributed by atoms with van der Waals surface area (Å²) in [6, 6.07) is 6.08. The van der Waals surface area contributed by atoms with Crippen LogP contribution in [0.2, 0.25) is 0 Å². The molecule has 1 aromatic carbocycles. The summed E-state index contributed by atoms with van der Waals surface area (Å²) < 4.78 is 71.4. The Kier molecular flexibility index (Phi) is 6.78. The van der Waals surface area contributed by atoms with Crippen molar-refractivity contribution in [2.45, 2.75) is 39.8 Å². The molecule has 0 unspecified atom stereocenters. The Labute approximate surface area is 155 Å². The summed E-state index contributed by atoms with van der Waals surface area (Å²) in [6.07, 6.45) is -5.42. The first kappa shape index (κ1) is 21.1.